The summed E-state index contributed by atoms with van der Waals surface area (Å²) in [4.78, 5) is 0. The summed E-state index contributed by atoms with van der Waals surface area (Å²) in [5.41, 5.74) is 3.30. The second-order valence-corrected chi connectivity index (χ2v) is 7.19. The van der Waals surface area contributed by atoms with Crippen LogP contribution in [0, 0.1) is 6.92 Å². The third-order valence-electron chi connectivity index (χ3n) is 3.56. The second-order valence-electron chi connectivity index (χ2n) is 5.05. The molecule has 1 aromatic rings. The van der Waals surface area contributed by atoms with Crippen molar-refractivity contribution in [3.8, 4) is 0 Å². The van der Waals surface area contributed by atoms with Gasteiger partial charge in [-0.15, -0.1) is 0 Å². The largest absolute Gasteiger partial charge is 0.270 e. The van der Waals surface area contributed by atoms with E-state index < -0.39 is 10.0 Å². The van der Waals surface area contributed by atoms with E-state index in [-0.39, 0.29) is 5.25 Å². The molecule has 1 saturated carbocycles. The first-order valence-electron chi connectivity index (χ1n) is 6.20. The Kier molecular flexibility index (Phi) is 2.43. The van der Waals surface area contributed by atoms with Gasteiger partial charge in [0.05, 0.1) is 10.9 Å². The zero-order valence-corrected chi connectivity index (χ0v) is 10.8. The number of aryl methyl sites for hydroxylation is 2. The van der Waals surface area contributed by atoms with E-state index in [0.29, 0.717) is 6.54 Å². The van der Waals surface area contributed by atoms with E-state index in [2.05, 4.69) is 13.0 Å². The lowest BCUT2D eigenvalue weighted by molar-refractivity contribution is 0.585. The van der Waals surface area contributed by atoms with Crippen LogP contribution in [0.2, 0.25) is 0 Å². The van der Waals surface area contributed by atoms with Gasteiger partial charge >= 0.3 is 0 Å². The van der Waals surface area contributed by atoms with Crippen LogP contribution in [0.1, 0.15) is 30.4 Å². The smallest absolute Gasteiger partial charge is 0.238 e. The molecule has 2 aliphatic rings. The van der Waals surface area contributed by atoms with Crippen LogP contribution in [0.15, 0.2) is 18.2 Å². The van der Waals surface area contributed by atoms with E-state index in [9.17, 15) is 8.42 Å². The highest BCUT2D eigenvalue weighted by Crippen LogP contribution is 2.37. The molecule has 17 heavy (non-hydrogen) atoms. The Morgan fingerprint density at radius 2 is 2.06 bits per heavy atom. The van der Waals surface area contributed by atoms with Gasteiger partial charge < -0.3 is 0 Å². The van der Waals surface area contributed by atoms with E-state index in [1.807, 2.05) is 12.1 Å². The van der Waals surface area contributed by atoms with Crippen LogP contribution in [-0.2, 0) is 16.4 Å². The minimum atomic E-state index is -3.08. The summed E-state index contributed by atoms with van der Waals surface area (Å²) in [6, 6.07) is 6.08. The van der Waals surface area contributed by atoms with Crippen molar-refractivity contribution >= 4 is 15.7 Å². The van der Waals surface area contributed by atoms with Crippen molar-refractivity contribution in [2.75, 3.05) is 10.8 Å². The maximum absolute atomic E-state index is 12.3. The van der Waals surface area contributed by atoms with Crippen molar-refractivity contribution in [2.24, 2.45) is 0 Å². The molecular weight excluding hydrogens is 234 g/mol. The molecule has 0 aromatic heterocycles. The Morgan fingerprint density at radius 1 is 1.29 bits per heavy atom. The van der Waals surface area contributed by atoms with E-state index in [0.717, 1.165) is 31.4 Å². The van der Waals surface area contributed by atoms with Crippen LogP contribution in [-0.4, -0.2) is 20.2 Å². The standard InChI is InChI=1S/C13H17NO2S/c1-10-4-7-13-11(9-10)3-2-8-14(13)17(15,16)12-5-6-12/h4,7,9,12H,2-3,5-6,8H2,1H3. The van der Waals surface area contributed by atoms with Gasteiger partial charge in [0.15, 0.2) is 0 Å². The highest BCUT2D eigenvalue weighted by Gasteiger charge is 2.41. The summed E-state index contributed by atoms with van der Waals surface area (Å²) in [7, 11) is -3.08. The second kappa shape index (κ2) is 3.73. The van der Waals surface area contributed by atoms with Crippen molar-refractivity contribution in [1.29, 1.82) is 0 Å². The third kappa shape index (κ3) is 1.84. The third-order valence-corrected chi connectivity index (χ3v) is 5.87. The van der Waals surface area contributed by atoms with E-state index in [1.165, 1.54) is 11.1 Å². The number of rotatable bonds is 2. The molecule has 0 radical (unpaired) electrons. The molecule has 1 aliphatic heterocycles. The topological polar surface area (TPSA) is 37.4 Å². The van der Waals surface area contributed by atoms with Gasteiger partial charge in [-0.05, 0) is 44.2 Å². The molecule has 1 fully saturated rings. The van der Waals surface area contributed by atoms with Gasteiger partial charge in [0, 0.05) is 6.54 Å². The van der Waals surface area contributed by atoms with Crippen LogP contribution in [0.4, 0.5) is 5.69 Å². The molecule has 0 amide bonds. The molecule has 3 rings (SSSR count). The average molecular weight is 251 g/mol. The molecular formula is C13H17NO2S. The summed E-state index contributed by atoms with van der Waals surface area (Å²) < 4.78 is 26.3. The van der Waals surface area contributed by atoms with E-state index in [4.69, 9.17) is 0 Å². The number of nitrogens with zero attached hydrogens (tertiary/aromatic N) is 1. The van der Waals surface area contributed by atoms with Gasteiger partial charge in [0.1, 0.15) is 0 Å². The average Bonchev–Trinajstić information content (AvgIpc) is 3.11. The first-order chi connectivity index (χ1) is 8.09. The fourth-order valence-corrected chi connectivity index (χ4v) is 4.43. The molecule has 3 nitrogen and oxygen atoms in total. The fraction of sp³-hybridized carbons (Fsp3) is 0.538. The molecule has 1 heterocycles. The first kappa shape index (κ1) is 11.1. The normalized spacial score (nSPS) is 20.2. The molecule has 0 bridgehead atoms. The molecule has 4 heteroatoms. The minimum Gasteiger partial charge on any atom is -0.270 e. The highest BCUT2D eigenvalue weighted by atomic mass is 32.2. The van der Waals surface area contributed by atoms with Crippen LogP contribution < -0.4 is 4.31 Å². The molecule has 1 aliphatic carbocycles. The molecule has 0 atom stereocenters. The molecule has 0 saturated heterocycles. The van der Waals surface area contributed by atoms with Crippen LogP contribution >= 0.6 is 0 Å². The molecule has 0 unspecified atom stereocenters. The summed E-state index contributed by atoms with van der Waals surface area (Å²) in [6.07, 6.45) is 3.59. The Bertz CT molecular complexity index is 547. The van der Waals surface area contributed by atoms with Gasteiger partial charge in [-0.25, -0.2) is 8.42 Å². The van der Waals surface area contributed by atoms with Crippen LogP contribution in [0.25, 0.3) is 0 Å². The zero-order valence-electron chi connectivity index (χ0n) is 10.0. The SMILES string of the molecule is Cc1ccc2c(c1)CCCN2S(=O)(=O)C1CC1. The fourth-order valence-electron chi connectivity index (χ4n) is 2.50. The summed E-state index contributed by atoms with van der Waals surface area (Å²) in [5.74, 6) is 0. The maximum Gasteiger partial charge on any atom is 0.238 e. The van der Waals surface area contributed by atoms with Gasteiger partial charge in [0.25, 0.3) is 0 Å². The quantitative estimate of drug-likeness (QED) is 0.808. The highest BCUT2D eigenvalue weighted by molar-refractivity contribution is 7.93. The van der Waals surface area contributed by atoms with Crippen molar-refractivity contribution in [3.63, 3.8) is 0 Å². The Balaban J connectivity index is 2.05. The van der Waals surface area contributed by atoms with Gasteiger partial charge in [-0.1, -0.05) is 17.7 Å². The van der Waals surface area contributed by atoms with Crippen molar-refractivity contribution in [3.05, 3.63) is 29.3 Å². The van der Waals surface area contributed by atoms with Crippen LogP contribution in [0.5, 0.6) is 0 Å². The number of hydrogen-bond donors (Lipinski definition) is 0. The summed E-state index contributed by atoms with van der Waals surface area (Å²) >= 11 is 0. The predicted molar refractivity (Wildman–Crippen MR) is 68.8 cm³/mol. The maximum atomic E-state index is 12.3. The number of anilines is 1. The first-order valence-corrected chi connectivity index (χ1v) is 7.70. The lowest BCUT2D eigenvalue weighted by atomic mass is 10.0. The Labute approximate surface area is 102 Å². The minimum absolute atomic E-state index is 0.116. The number of hydrogen-bond acceptors (Lipinski definition) is 2. The lowest BCUT2D eigenvalue weighted by Crippen LogP contribution is -2.37. The molecule has 0 spiro atoms. The van der Waals surface area contributed by atoms with Gasteiger partial charge in [-0.3, -0.25) is 4.31 Å². The van der Waals surface area contributed by atoms with Gasteiger partial charge in [0.2, 0.25) is 10.0 Å². The lowest BCUT2D eigenvalue weighted by Gasteiger charge is -2.30. The van der Waals surface area contributed by atoms with Crippen molar-refractivity contribution in [2.45, 2.75) is 37.9 Å². The van der Waals surface area contributed by atoms with Crippen LogP contribution in [0.3, 0.4) is 0 Å². The van der Waals surface area contributed by atoms with E-state index >= 15 is 0 Å². The number of sulfonamides is 1. The summed E-state index contributed by atoms with van der Waals surface area (Å²) in [6.45, 7) is 2.70. The molecule has 0 N–H and O–H groups in total. The number of benzene rings is 1. The van der Waals surface area contributed by atoms with Gasteiger partial charge in [-0.2, -0.15) is 0 Å². The molecule has 1 aromatic carbocycles. The summed E-state index contributed by atoms with van der Waals surface area (Å²) in [5, 5.41) is -0.116. The number of fused-ring (bicyclic) bond motifs is 1. The zero-order chi connectivity index (χ0) is 12.0. The van der Waals surface area contributed by atoms with Crippen molar-refractivity contribution in [1.82, 2.24) is 0 Å². The molecule has 92 valence electrons. The monoisotopic (exact) mass is 251 g/mol. The predicted octanol–water partition coefficient (Wildman–Crippen LogP) is 2.24. The van der Waals surface area contributed by atoms with Crippen molar-refractivity contribution < 1.29 is 8.42 Å². The van der Waals surface area contributed by atoms with E-state index in [1.54, 1.807) is 4.31 Å². The Morgan fingerprint density at radius 3 is 2.76 bits per heavy atom. The Hall–Kier alpha value is -1.03.